The van der Waals surface area contributed by atoms with E-state index in [4.69, 9.17) is 4.98 Å². The van der Waals surface area contributed by atoms with E-state index in [1.807, 2.05) is 6.20 Å². The number of hydrogen-bond acceptors (Lipinski definition) is 1. The predicted octanol–water partition coefficient (Wildman–Crippen LogP) is 10.2. The third-order valence-electron chi connectivity index (χ3n) is 9.25. The molecule has 182 valence electrons. The SMILES string of the molecule is CC1(C)c2ccc(-c3cc4c5cccc6c5c(cc4c4ccccc34)-c3ccccc3-6)cc2-c2ncccc21. The van der Waals surface area contributed by atoms with Gasteiger partial charge in [0.1, 0.15) is 0 Å². The van der Waals surface area contributed by atoms with E-state index in [0.29, 0.717) is 0 Å². The largest absolute Gasteiger partial charge is 0.256 e. The van der Waals surface area contributed by atoms with Crippen LogP contribution in [-0.4, -0.2) is 4.98 Å². The van der Waals surface area contributed by atoms with Crippen molar-refractivity contribution < 1.29 is 0 Å². The van der Waals surface area contributed by atoms with E-state index in [9.17, 15) is 0 Å². The lowest BCUT2D eigenvalue weighted by atomic mass is 9.82. The number of benzene rings is 6. The zero-order chi connectivity index (χ0) is 25.9. The summed E-state index contributed by atoms with van der Waals surface area (Å²) in [5.74, 6) is 0. The van der Waals surface area contributed by atoms with Gasteiger partial charge >= 0.3 is 0 Å². The summed E-state index contributed by atoms with van der Waals surface area (Å²) in [5, 5.41) is 7.94. The van der Waals surface area contributed by atoms with Gasteiger partial charge in [0, 0.05) is 17.2 Å². The maximum Gasteiger partial charge on any atom is 0.0746 e. The standard InChI is InChI=1S/C38H25N/c1-38(2)34-17-16-22(19-33(34)37-35(38)15-8-18-39-37)29-20-31-28-14-7-13-27-23-9-3-6-12-26(23)32(36(27)28)21-30(31)25-11-5-4-10-24(25)29/h3-21H,1-2H3. The Hall–Kier alpha value is -4.75. The van der Waals surface area contributed by atoms with Gasteiger partial charge in [-0.15, -0.1) is 0 Å². The van der Waals surface area contributed by atoms with E-state index in [1.54, 1.807) is 0 Å². The van der Waals surface area contributed by atoms with E-state index in [0.717, 1.165) is 5.69 Å². The van der Waals surface area contributed by atoms with Crippen LogP contribution < -0.4 is 0 Å². The molecule has 0 unspecified atom stereocenters. The van der Waals surface area contributed by atoms with Gasteiger partial charge in [0.15, 0.2) is 0 Å². The smallest absolute Gasteiger partial charge is 0.0746 e. The summed E-state index contributed by atoms with van der Waals surface area (Å²) in [6.07, 6.45) is 1.92. The van der Waals surface area contributed by atoms with Crippen LogP contribution in [0.25, 0.3) is 77.0 Å². The Morgan fingerprint density at radius 2 is 1.15 bits per heavy atom. The van der Waals surface area contributed by atoms with Crippen LogP contribution >= 0.6 is 0 Å². The van der Waals surface area contributed by atoms with Gasteiger partial charge in [-0.2, -0.15) is 0 Å². The second kappa shape index (κ2) is 7.21. The monoisotopic (exact) mass is 495 g/mol. The van der Waals surface area contributed by atoms with Gasteiger partial charge in [0.05, 0.1) is 5.69 Å². The second-order valence-electron chi connectivity index (χ2n) is 11.5. The van der Waals surface area contributed by atoms with Crippen molar-refractivity contribution in [1.82, 2.24) is 4.98 Å². The van der Waals surface area contributed by atoms with Crippen molar-refractivity contribution in [3.8, 4) is 44.6 Å². The molecule has 9 rings (SSSR count). The fourth-order valence-electron chi connectivity index (χ4n) is 7.41. The molecular weight excluding hydrogens is 470 g/mol. The molecule has 0 aliphatic heterocycles. The summed E-state index contributed by atoms with van der Waals surface area (Å²) in [7, 11) is 0. The molecule has 0 bridgehead atoms. The number of nitrogens with zero attached hydrogens (tertiary/aromatic N) is 1. The number of fused-ring (bicyclic) bond motifs is 10. The molecule has 39 heavy (non-hydrogen) atoms. The third-order valence-corrected chi connectivity index (χ3v) is 9.25. The van der Waals surface area contributed by atoms with Crippen LogP contribution in [0.2, 0.25) is 0 Å². The molecule has 1 nitrogen and oxygen atoms in total. The first-order valence-electron chi connectivity index (χ1n) is 13.7. The topological polar surface area (TPSA) is 12.9 Å². The van der Waals surface area contributed by atoms with Gasteiger partial charge in [0.2, 0.25) is 0 Å². The van der Waals surface area contributed by atoms with Gasteiger partial charge in [-0.05, 0) is 101 Å². The summed E-state index contributed by atoms with van der Waals surface area (Å²) in [6.45, 7) is 4.62. The van der Waals surface area contributed by atoms with Crippen molar-refractivity contribution >= 4 is 32.3 Å². The lowest BCUT2D eigenvalue weighted by Crippen LogP contribution is -2.14. The highest BCUT2D eigenvalue weighted by molar-refractivity contribution is 6.28. The van der Waals surface area contributed by atoms with E-state index < -0.39 is 0 Å². The lowest BCUT2D eigenvalue weighted by molar-refractivity contribution is 0.659. The van der Waals surface area contributed by atoms with Crippen molar-refractivity contribution in [1.29, 1.82) is 0 Å². The molecular formula is C38H25N. The summed E-state index contributed by atoms with van der Waals surface area (Å²) >= 11 is 0. The Bertz CT molecular complexity index is 2200. The van der Waals surface area contributed by atoms with Crippen LogP contribution in [0.5, 0.6) is 0 Å². The zero-order valence-electron chi connectivity index (χ0n) is 21.9. The molecule has 0 fully saturated rings. The number of hydrogen-bond donors (Lipinski definition) is 0. The molecule has 0 saturated carbocycles. The average molecular weight is 496 g/mol. The highest BCUT2D eigenvalue weighted by Crippen LogP contribution is 2.52. The van der Waals surface area contributed by atoms with Crippen LogP contribution in [0.15, 0.2) is 115 Å². The van der Waals surface area contributed by atoms with Gasteiger partial charge in [0.25, 0.3) is 0 Å². The minimum Gasteiger partial charge on any atom is -0.256 e. The molecule has 1 heteroatoms. The maximum atomic E-state index is 4.83. The van der Waals surface area contributed by atoms with E-state index in [1.165, 1.54) is 82.4 Å². The highest BCUT2D eigenvalue weighted by atomic mass is 14.7. The summed E-state index contributed by atoms with van der Waals surface area (Å²) < 4.78 is 0. The molecule has 0 radical (unpaired) electrons. The van der Waals surface area contributed by atoms with Gasteiger partial charge in [-0.1, -0.05) is 98.8 Å². The van der Waals surface area contributed by atoms with Gasteiger partial charge in [-0.25, -0.2) is 0 Å². The first-order chi connectivity index (χ1) is 19.1. The second-order valence-corrected chi connectivity index (χ2v) is 11.5. The predicted molar refractivity (Wildman–Crippen MR) is 164 cm³/mol. The average Bonchev–Trinajstić information content (AvgIpc) is 3.42. The molecule has 1 heterocycles. The molecule has 0 N–H and O–H groups in total. The summed E-state index contributed by atoms with van der Waals surface area (Å²) in [4.78, 5) is 4.83. The fraction of sp³-hybridized carbons (Fsp3) is 0.0789. The summed E-state index contributed by atoms with van der Waals surface area (Å²) in [5.41, 5.74) is 12.9. The first-order valence-corrected chi connectivity index (χ1v) is 13.7. The quantitative estimate of drug-likeness (QED) is 0.206. The molecule has 2 aliphatic rings. The van der Waals surface area contributed by atoms with E-state index in [2.05, 4.69) is 123 Å². The molecule has 2 aliphatic carbocycles. The Morgan fingerprint density at radius 3 is 2.03 bits per heavy atom. The number of rotatable bonds is 1. The molecule has 0 atom stereocenters. The minimum absolute atomic E-state index is 0.0455. The summed E-state index contributed by atoms with van der Waals surface area (Å²) in [6, 6.07) is 40.7. The first kappa shape index (κ1) is 21.2. The Balaban J connectivity index is 1.39. The van der Waals surface area contributed by atoms with Gasteiger partial charge in [-0.3, -0.25) is 4.98 Å². The van der Waals surface area contributed by atoms with E-state index in [-0.39, 0.29) is 5.41 Å². The lowest BCUT2D eigenvalue weighted by Gasteiger charge is -2.21. The van der Waals surface area contributed by atoms with Crippen molar-refractivity contribution in [2.75, 3.05) is 0 Å². The molecule has 0 spiro atoms. The van der Waals surface area contributed by atoms with Crippen molar-refractivity contribution in [2.24, 2.45) is 0 Å². The molecule has 6 aromatic carbocycles. The Morgan fingerprint density at radius 1 is 0.462 bits per heavy atom. The van der Waals surface area contributed by atoms with Gasteiger partial charge < -0.3 is 0 Å². The van der Waals surface area contributed by atoms with E-state index >= 15 is 0 Å². The van der Waals surface area contributed by atoms with Crippen molar-refractivity contribution in [2.45, 2.75) is 19.3 Å². The number of pyridine rings is 1. The fourth-order valence-corrected chi connectivity index (χ4v) is 7.41. The Kier molecular flexibility index (Phi) is 3.92. The molecule has 0 saturated heterocycles. The number of aromatic nitrogens is 1. The van der Waals surface area contributed by atoms with Crippen LogP contribution in [0.4, 0.5) is 0 Å². The maximum absolute atomic E-state index is 4.83. The van der Waals surface area contributed by atoms with Crippen LogP contribution in [-0.2, 0) is 5.41 Å². The van der Waals surface area contributed by atoms with Crippen molar-refractivity contribution in [3.05, 3.63) is 127 Å². The van der Waals surface area contributed by atoms with Crippen LogP contribution in [0.3, 0.4) is 0 Å². The van der Waals surface area contributed by atoms with Crippen LogP contribution in [0.1, 0.15) is 25.0 Å². The normalized spacial score (nSPS) is 14.1. The third kappa shape index (κ3) is 2.62. The zero-order valence-corrected chi connectivity index (χ0v) is 21.9. The van der Waals surface area contributed by atoms with Crippen molar-refractivity contribution in [3.63, 3.8) is 0 Å². The highest BCUT2D eigenvalue weighted by Gasteiger charge is 2.36. The molecule has 7 aromatic rings. The minimum atomic E-state index is -0.0455. The van der Waals surface area contributed by atoms with Crippen LogP contribution in [0, 0.1) is 0 Å². The molecule has 0 amide bonds. The molecule has 1 aromatic heterocycles. The Labute approximate surface area is 227 Å².